The van der Waals surface area contributed by atoms with E-state index in [0.29, 0.717) is 12.2 Å². The van der Waals surface area contributed by atoms with Gasteiger partial charge in [-0.1, -0.05) is 6.07 Å². The van der Waals surface area contributed by atoms with Crippen LogP contribution in [-0.4, -0.2) is 42.1 Å². The van der Waals surface area contributed by atoms with Gasteiger partial charge in [-0.05, 0) is 45.4 Å². The van der Waals surface area contributed by atoms with Crippen molar-refractivity contribution in [1.82, 2.24) is 4.90 Å². The Kier molecular flexibility index (Phi) is 4.54. The number of nitrogens with two attached hydrogens (primary N) is 1. The van der Waals surface area contributed by atoms with Gasteiger partial charge in [0.25, 0.3) is 0 Å². The summed E-state index contributed by atoms with van der Waals surface area (Å²) < 4.78 is 5.85. The summed E-state index contributed by atoms with van der Waals surface area (Å²) in [5.41, 5.74) is 7.98. The van der Waals surface area contributed by atoms with Crippen LogP contribution in [-0.2, 0) is 9.53 Å². The molecule has 0 spiro atoms. The lowest BCUT2D eigenvalue weighted by Gasteiger charge is -2.41. The van der Waals surface area contributed by atoms with Crippen LogP contribution in [0, 0.1) is 6.92 Å². The van der Waals surface area contributed by atoms with Gasteiger partial charge in [-0.15, -0.1) is 0 Å². The van der Waals surface area contributed by atoms with Gasteiger partial charge in [0.05, 0.1) is 18.2 Å². The predicted molar refractivity (Wildman–Crippen MR) is 85.3 cm³/mol. The van der Waals surface area contributed by atoms with E-state index in [9.17, 15) is 4.79 Å². The number of anilines is 2. The van der Waals surface area contributed by atoms with Gasteiger partial charge in [-0.3, -0.25) is 9.69 Å². The van der Waals surface area contributed by atoms with Gasteiger partial charge < -0.3 is 15.8 Å². The second-order valence-electron chi connectivity index (χ2n) is 6.48. The Balaban J connectivity index is 1.97. The van der Waals surface area contributed by atoms with Crippen molar-refractivity contribution in [3.05, 3.63) is 23.8 Å². The van der Waals surface area contributed by atoms with Crippen molar-refractivity contribution in [1.29, 1.82) is 0 Å². The third kappa shape index (κ3) is 4.44. The fourth-order valence-corrected chi connectivity index (χ4v) is 2.87. The fraction of sp³-hybridized carbons (Fsp3) is 0.562. The normalized spacial score (nSPS) is 22.0. The number of ether oxygens (including phenoxy) is 1. The molecule has 1 heterocycles. The first-order valence-electron chi connectivity index (χ1n) is 7.31. The predicted octanol–water partition coefficient (Wildman–Crippen LogP) is 2.02. The van der Waals surface area contributed by atoms with E-state index in [0.717, 1.165) is 24.3 Å². The van der Waals surface area contributed by atoms with Crippen LogP contribution in [0.1, 0.15) is 26.3 Å². The van der Waals surface area contributed by atoms with Crippen molar-refractivity contribution in [3.8, 4) is 0 Å². The molecular weight excluding hydrogens is 266 g/mol. The summed E-state index contributed by atoms with van der Waals surface area (Å²) in [5, 5.41) is 2.94. The van der Waals surface area contributed by atoms with Gasteiger partial charge in [-0.25, -0.2) is 0 Å². The number of rotatable bonds is 3. The van der Waals surface area contributed by atoms with Crippen LogP contribution in [0.4, 0.5) is 11.4 Å². The molecule has 1 saturated heterocycles. The molecule has 1 aromatic rings. The lowest BCUT2D eigenvalue weighted by Crippen LogP contribution is -2.53. The first kappa shape index (κ1) is 15.8. The Morgan fingerprint density at radius 2 is 2.24 bits per heavy atom. The molecule has 116 valence electrons. The molecule has 1 aromatic carbocycles. The molecule has 1 fully saturated rings. The molecule has 5 nitrogen and oxygen atoms in total. The van der Waals surface area contributed by atoms with Crippen molar-refractivity contribution in [3.63, 3.8) is 0 Å². The van der Waals surface area contributed by atoms with Crippen molar-refractivity contribution < 1.29 is 9.53 Å². The van der Waals surface area contributed by atoms with Crippen molar-refractivity contribution in [2.45, 2.75) is 39.4 Å². The Bertz CT molecular complexity index is 528. The molecule has 1 amide bonds. The highest BCUT2D eigenvalue weighted by Crippen LogP contribution is 2.21. The van der Waals surface area contributed by atoms with Crippen molar-refractivity contribution in [2.24, 2.45) is 0 Å². The maximum Gasteiger partial charge on any atom is 0.238 e. The molecule has 1 atom stereocenters. The van der Waals surface area contributed by atoms with Crippen LogP contribution < -0.4 is 11.1 Å². The quantitative estimate of drug-likeness (QED) is 0.836. The molecular formula is C16H25N3O2. The first-order chi connectivity index (χ1) is 9.75. The third-order valence-corrected chi connectivity index (χ3v) is 3.54. The van der Waals surface area contributed by atoms with E-state index >= 15 is 0 Å². The molecule has 1 aliphatic rings. The summed E-state index contributed by atoms with van der Waals surface area (Å²) in [7, 11) is 0. The summed E-state index contributed by atoms with van der Waals surface area (Å²) in [6.07, 6.45) is 0.135. The second-order valence-corrected chi connectivity index (χ2v) is 6.48. The van der Waals surface area contributed by atoms with E-state index in [2.05, 4.69) is 24.1 Å². The number of nitrogens with zero attached hydrogens (tertiary/aromatic N) is 1. The number of aryl methyl sites for hydroxylation is 1. The minimum atomic E-state index is -0.217. The number of hydrogen-bond acceptors (Lipinski definition) is 4. The van der Waals surface area contributed by atoms with Crippen LogP contribution in [0.25, 0.3) is 0 Å². The number of benzene rings is 1. The van der Waals surface area contributed by atoms with Crippen LogP contribution in [0.15, 0.2) is 18.2 Å². The van der Waals surface area contributed by atoms with Crippen molar-refractivity contribution >= 4 is 17.3 Å². The molecule has 0 aromatic heterocycles. The van der Waals surface area contributed by atoms with Crippen LogP contribution in [0.2, 0.25) is 0 Å². The minimum Gasteiger partial charge on any atom is -0.399 e. The summed E-state index contributed by atoms with van der Waals surface area (Å²) in [5.74, 6) is -0.0198. The van der Waals surface area contributed by atoms with Crippen molar-refractivity contribution in [2.75, 3.05) is 30.7 Å². The number of nitrogens with one attached hydrogen (secondary N) is 1. The van der Waals surface area contributed by atoms with E-state index in [4.69, 9.17) is 10.5 Å². The second kappa shape index (κ2) is 6.03. The fourth-order valence-electron chi connectivity index (χ4n) is 2.87. The van der Waals surface area contributed by atoms with Crippen LogP contribution >= 0.6 is 0 Å². The number of amides is 1. The average Bonchev–Trinajstić information content (AvgIpc) is 2.31. The highest BCUT2D eigenvalue weighted by atomic mass is 16.5. The zero-order valence-corrected chi connectivity index (χ0v) is 13.3. The molecule has 0 bridgehead atoms. The molecule has 1 unspecified atom stereocenters. The molecule has 0 saturated carbocycles. The minimum absolute atomic E-state index is 0.0198. The summed E-state index contributed by atoms with van der Waals surface area (Å²) >= 11 is 0. The monoisotopic (exact) mass is 291 g/mol. The third-order valence-electron chi connectivity index (χ3n) is 3.54. The average molecular weight is 291 g/mol. The molecule has 21 heavy (non-hydrogen) atoms. The Morgan fingerprint density at radius 1 is 1.52 bits per heavy atom. The summed E-state index contributed by atoms with van der Waals surface area (Å²) in [4.78, 5) is 14.4. The largest absolute Gasteiger partial charge is 0.399 e. The number of hydrogen-bond donors (Lipinski definition) is 2. The van der Waals surface area contributed by atoms with Gasteiger partial charge in [-0.2, -0.15) is 0 Å². The SMILES string of the molecule is Cc1ccc(N)cc1NC(=O)CN1CC(C)OC(C)(C)C1. The van der Waals surface area contributed by atoms with Gasteiger partial charge >= 0.3 is 0 Å². The van der Waals surface area contributed by atoms with Gasteiger partial charge in [0, 0.05) is 24.5 Å². The standard InChI is InChI=1S/C16H25N3O2/c1-11-5-6-13(17)7-14(11)18-15(20)9-19-8-12(2)21-16(3,4)10-19/h5-7,12H,8-10,17H2,1-4H3,(H,18,20). The number of carbonyl (C=O) groups is 1. The lowest BCUT2D eigenvalue weighted by atomic mass is 10.1. The van der Waals surface area contributed by atoms with E-state index in [1.165, 1.54) is 0 Å². The topological polar surface area (TPSA) is 67.6 Å². The Hall–Kier alpha value is -1.59. The molecule has 0 aliphatic carbocycles. The Labute approximate surface area is 126 Å². The van der Waals surface area contributed by atoms with E-state index in [1.54, 1.807) is 6.07 Å². The molecule has 5 heteroatoms. The molecule has 3 N–H and O–H groups in total. The number of nitrogen functional groups attached to an aromatic ring is 1. The Morgan fingerprint density at radius 3 is 2.90 bits per heavy atom. The highest BCUT2D eigenvalue weighted by molar-refractivity contribution is 5.93. The van der Waals surface area contributed by atoms with Gasteiger partial charge in [0.2, 0.25) is 5.91 Å². The zero-order valence-electron chi connectivity index (χ0n) is 13.3. The van der Waals surface area contributed by atoms with E-state index in [-0.39, 0.29) is 17.6 Å². The molecule has 0 radical (unpaired) electrons. The van der Waals surface area contributed by atoms with Gasteiger partial charge in [0.1, 0.15) is 0 Å². The maximum atomic E-state index is 12.2. The first-order valence-corrected chi connectivity index (χ1v) is 7.31. The van der Waals surface area contributed by atoms with Crippen LogP contribution in [0.5, 0.6) is 0 Å². The van der Waals surface area contributed by atoms with Crippen LogP contribution in [0.3, 0.4) is 0 Å². The molecule has 2 rings (SSSR count). The molecule has 1 aliphatic heterocycles. The number of morpholine rings is 1. The number of carbonyl (C=O) groups excluding carboxylic acids is 1. The maximum absolute atomic E-state index is 12.2. The smallest absolute Gasteiger partial charge is 0.238 e. The van der Waals surface area contributed by atoms with E-state index < -0.39 is 0 Å². The van der Waals surface area contributed by atoms with E-state index in [1.807, 2.05) is 26.0 Å². The summed E-state index contributed by atoms with van der Waals surface area (Å²) in [6.45, 7) is 9.98. The highest BCUT2D eigenvalue weighted by Gasteiger charge is 2.31. The zero-order chi connectivity index (χ0) is 15.6. The lowest BCUT2D eigenvalue weighted by molar-refractivity contribution is -0.136. The van der Waals surface area contributed by atoms with Gasteiger partial charge in [0.15, 0.2) is 0 Å². The summed E-state index contributed by atoms with van der Waals surface area (Å²) in [6, 6.07) is 5.53.